The van der Waals surface area contributed by atoms with E-state index in [0.29, 0.717) is 23.1 Å². The number of phenolic OH excluding ortho intramolecular Hbond substituents is 1. The summed E-state index contributed by atoms with van der Waals surface area (Å²) in [6.07, 6.45) is 3.59. The summed E-state index contributed by atoms with van der Waals surface area (Å²) in [7, 11) is 0. The van der Waals surface area contributed by atoms with E-state index in [9.17, 15) is 5.11 Å². The van der Waals surface area contributed by atoms with E-state index in [1.165, 1.54) is 0 Å². The SMILES string of the molecule is Oc1ccc2c(c1)nc(-c1ccc3ccccc3n1)n2-c1ccnc(NC2CCOCC2)n1. The van der Waals surface area contributed by atoms with Gasteiger partial charge in [-0.2, -0.15) is 4.98 Å². The summed E-state index contributed by atoms with van der Waals surface area (Å²) in [6, 6.07) is 19.3. The molecule has 6 rings (SSSR count). The maximum absolute atomic E-state index is 10.0. The number of rotatable bonds is 4. The van der Waals surface area contributed by atoms with Crippen molar-refractivity contribution < 1.29 is 9.84 Å². The Morgan fingerprint density at radius 3 is 2.70 bits per heavy atom. The number of ether oxygens (including phenoxy) is 1. The summed E-state index contributed by atoms with van der Waals surface area (Å²) in [5.41, 5.74) is 3.11. The number of hydrogen-bond donors (Lipinski definition) is 2. The molecule has 3 aromatic heterocycles. The first-order valence-corrected chi connectivity index (χ1v) is 11.0. The van der Waals surface area contributed by atoms with Gasteiger partial charge in [-0.3, -0.25) is 4.57 Å². The highest BCUT2D eigenvalue weighted by Gasteiger charge is 2.19. The van der Waals surface area contributed by atoms with Crippen LogP contribution in [0.3, 0.4) is 0 Å². The molecule has 0 aliphatic carbocycles. The summed E-state index contributed by atoms with van der Waals surface area (Å²) < 4.78 is 7.41. The third-order valence-electron chi connectivity index (χ3n) is 5.89. The Labute approximate surface area is 189 Å². The zero-order chi connectivity index (χ0) is 22.2. The van der Waals surface area contributed by atoms with E-state index < -0.39 is 0 Å². The molecule has 1 saturated heterocycles. The average molecular weight is 438 g/mol. The number of fused-ring (bicyclic) bond motifs is 2. The van der Waals surface area contributed by atoms with Crippen LogP contribution in [0, 0.1) is 0 Å². The van der Waals surface area contributed by atoms with Crippen molar-refractivity contribution in [1.82, 2.24) is 24.5 Å². The molecule has 0 amide bonds. The Kier molecular flexibility index (Phi) is 4.84. The first kappa shape index (κ1) is 19.6. The van der Waals surface area contributed by atoms with Crippen LogP contribution in [0.25, 0.3) is 39.3 Å². The van der Waals surface area contributed by atoms with Gasteiger partial charge >= 0.3 is 0 Å². The van der Waals surface area contributed by atoms with Gasteiger partial charge in [0.05, 0.1) is 16.6 Å². The number of nitrogens with one attached hydrogen (secondary N) is 1. The zero-order valence-electron chi connectivity index (χ0n) is 17.8. The van der Waals surface area contributed by atoms with Crippen molar-refractivity contribution in [2.75, 3.05) is 18.5 Å². The molecule has 0 radical (unpaired) electrons. The van der Waals surface area contributed by atoms with Crippen LogP contribution in [0.15, 0.2) is 66.9 Å². The van der Waals surface area contributed by atoms with Crippen molar-refractivity contribution in [1.29, 1.82) is 0 Å². The molecule has 1 aliphatic rings. The lowest BCUT2D eigenvalue weighted by molar-refractivity contribution is 0.0903. The molecule has 8 nitrogen and oxygen atoms in total. The van der Waals surface area contributed by atoms with Gasteiger partial charge in [0.1, 0.15) is 17.3 Å². The fourth-order valence-electron chi connectivity index (χ4n) is 4.23. The van der Waals surface area contributed by atoms with Gasteiger partial charge in [0, 0.05) is 36.9 Å². The monoisotopic (exact) mass is 438 g/mol. The van der Waals surface area contributed by atoms with Gasteiger partial charge in [0.15, 0.2) is 5.82 Å². The number of benzene rings is 2. The molecule has 164 valence electrons. The molecule has 1 fully saturated rings. The average Bonchev–Trinajstić information content (AvgIpc) is 3.23. The van der Waals surface area contributed by atoms with Crippen LogP contribution in [-0.4, -0.2) is 48.9 Å². The van der Waals surface area contributed by atoms with Crippen LogP contribution in [0.5, 0.6) is 5.75 Å². The maximum Gasteiger partial charge on any atom is 0.224 e. The number of aromatic nitrogens is 5. The molecule has 33 heavy (non-hydrogen) atoms. The number of nitrogens with zero attached hydrogens (tertiary/aromatic N) is 5. The lowest BCUT2D eigenvalue weighted by Gasteiger charge is -2.23. The molecule has 8 heteroatoms. The Morgan fingerprint density at radius 1 is 0.909 bits per heavy atom. The van der Waals surface area contributed by atoms with Crippen molar-refractivity contribution in [3.8, 4) is 23.1 Å². The van der Waals surface area contributed by atoms with Crippen molar-refractivity contribution in [2.24, 2.45) is 0 Å². The van der Waals surface area contributed by atoms with Gasteiger partial charge < -0.3 is 15.2 Å². The summed E-state index contributed by atoms with van der Waals surface area (Å²) >= 11 is 0. The number of pyridine rings is 1. The van der Waals surface area contributed by atoms with Gasteiger partial charge in [0.2, 0.25) is 5.95 Å². The quantitative estimate of drug-likeness (QED) is 0.431. The van der Waals surface area contributed by atoms with Gasteiger partial charge in [-0.05, 0) is 43.2 Å². The fraction of sp³-hybridized carbons (Fsp3) is 0.200. The maximum atomic E-state index is 10.0. The van der Waals surface area contributed by atoms with Gasteiger partial charge in [-0.25, -0.2) is 15.0 Å². The first-order valence-electron chi connectivity index (χ1n) is 11.0. The smallest absolute Gasteiger partial charge is 0.224 e. The molecular weight excluding hydrogens is 416 g/mol. The van der Waals surface area contributed by atoms with Crippen molar-refractivity contribution >= 4 is 27.9 Å². The molecule has 1 aliphatic heterocycles. The van der Waals surface area contributed by atoms with E-state index in [-0.39, 0.29) is 11.8 Å². The predicted molar refractivity (Wildman–Crippen MR) is 127 cm³/mol. The third-order valence-corrected chi connectivity index (χ3v) is 5.89. The van der Waals surface area contributed by atoms with Crippen LogP contribution < -0.4 is 5.32 Å². The van der Waals surface area contributed by atoms with E-state index in [1.807, 2.05) is 53.1 Å². The Morgan fingerprint density at radius 2 is 1.79 bits per heavy atom. The highest BCUT2D eigenvalue weighted by atomic mass is 16.5. The van der Waals surface area contributed by atoms with E-state index in [0.717, 1.165) is 48.2 Å². The zero-order valence-corrected chi connectivity index (χ0v) is 17.8. The number of aromatic hydroxyl groups is 1. The number of hydrogen-bond acceptors (Lipinski definition) is 7. The molecule has 0 atom stereocenters. The molecule has 2 N–H and O–H groups in total. The Hall–Kier alpha value is -4.04. The summed E-state index contributed by atoms with van der Waals surface area (Å²) in [5, 5.41) is 14.5. The molecular formula is C25H22N6O2. The number of anilines is 1. The minimum atomic E-state index is 0.162. The summed E-state index contributed by atoms with van der Waals surface area (Å²) in [4.78, 5) is 18.9. The molecule has 0 bridgehead atoms. The second kappa shape index (κ2) is 8.14. The second-order valence-corrected chi connectivity index (χ2v) is 8.10. The van der Waals surface area contributed by atoms with E-state index in [4.69, 9.17) is 19.7 Å². The van der Waals surface area contributed by atoms with Crippen molar-refractivity contribution in [2.45, 2.75) is 18.9 Å². The largest absolute Gasteiger partial charge is 0.508 e. The molecule has 0 unspecified atom stereocenters. The third kappa shape index (κ3) is 3.74. The second-order valence-electron chi connectivity index (χ2n) is 8.10. The van der Waals surface area contributed by atoms with E-state index in [2.05, 4.69) is 10.3 Å². The normalized spacial score (nSPS) is 14.7. The minimum absolute atomic E-state index is 0.162. The van der Waals surface area contributed by atoms with Crippen molar-refractivity contribution in [3.63, 3.8) is 0 Å². The van der Waals surface area contributed by atoms with Crippen LogP contribution in [-0.2, 0) is 4.74 Å². The van der Waals surface area contributed by atoms with Gasteiger partial charge in [0.25, 0.3) is 0 Å². The fourth-order valence-corrected chi connectivity index (χ4v) is 4.23. The number of phenols is 1. The lowest BCUT2D eigenvalue weighted by Crippen LogP contribution is -2.28. The molecule has 0 saturated carbocycles. The molecule has 5 aromatic rings. The van der Waals surface area contributed by atoms with E-state index in [1.54, 1.807) is 18.3 Å². The summed E-state index contributed by atoms with van der Waals surface area (Å²) in [5.74, 6) is 2.06. The Balaban J connectivity index is 1.49. The summed E-state index contributed by atoms with van der Waals surface area (Å²) in [6.45, 7) is 1.48. The topological polar surface area (TPSA) is 98.0 Å². The van der Waals surface area contributed by atoms with Gasteiger partial charge in [-0.15, -0.1) is 0 Å². The molecule has 2 aromatic carbocycles. The van der Waals surface area contributed by atoms with Crippen molar-refractivity contribution in [3.05, 3.63) is 66.9 Å². The van der Waals surface area contributed by atoms with Crippen LogP contribution in [0.2, 0.25) is 0 Å². The van der Waals surface area contributed by atoms with Crippen LogP contribution in [0.1, 0.15) is 12.8 Å². The molecule has 4 heterocycles. The first-order chi connectivity index (χ1) is 16.2. The van der Waals surface area contributed by atoms with E-state index >= 15 is 0 Å². The number of para-hydroxylation sites is 1. The Bertz CT molecular complexity index is 1460. The van der Waals surface area contributed by atoms with Crippen LogP contribution >= 0.6 is 0 Å². The highest BCUT2D eigenvalue weighted by molar-refractivity contribution is 5.85. The number of imidazole rings is 1. The predicted octanol–water partition coefficient (Wildman–Crippen LogP) is 4.33. The minimum Gasteiger partial charge on any atom is -0.508 e. The highest BCUT2D eigenvalue weighted by Crippen LogP contribution is 2.30. The lowest BCUT2D eigenvalue weighted by atomic mass is 10.1. The molecule has 0 spiro atoms. The standard InChI is InChI=1S/C25H22N6O2/c32-18-6-8-22-21(15-18)29-24(20-7-5-16-3-1-2-4-19(16)28-20)31(22)23-9-12-26-25(30-23)27-17-10-13-33-14-11-17/h1-9,12,15,17,32H,10-11,13-14H2,(H,26,27,30). The van der Waals surface area contributed by atoms with Crippen LogP contribution in [0.4, 0.5) is 5.95 Å². The van der Waals surface area contributed by atoms with Gasteiger partial charge in [-0.1, -0.05) is 24.3 Å².